The molecule has 3 atom stereocenters. The number of amidine groups is 1. The van der Waals surface area contributed by atoms with E-state index in [1.54, 1.807) is 6.20 Å². The van der Waals surface area contributed by atoms with Crippen LogP contribution in [-0.2, 0) is 0 Å². The fraction of sp³-hybridized carbons (Fsp3) is 0.571. The molecule has 4 nitrogen and oxygen atoms in total. The van der Waals surface area contributed by atoms with Gasteiger partial charge in [-0.25, -0.2) is 0 Å². The van der Waals surface area contributed by atoms with E-state index in [-0.39, 0.29) is 5.84 Å². The Balaban J connectivity index is 2.38. The minimum atomic E-state index is 0.0451. The van der Waals surface area contributed by atoms with Crippen molar-refractivity contribution in [2.75, 3.05) is 11.4 Å². The van der Waals surface area contributed by atoms with Crippen molar-refractivity contribution in [2.24, 2.45) is 17.6 Å². The minimum Gasteiger partial charge on any atom is -0.382 e. The fourth-order valence-electron chi connectivity index (χ4n) is 2.87. The van der Waals surface area contributed by atoms with E-state index in [1.165, 1.54) is 6.42 Å². The maximum absolute atomic E-state index is 7.65. The second-order valence-corrected chi connectivity index (χ2v) is 5.50. The largest absolute Gasteiger partial charge is 0.382 e. The highest BCUT2D eigenvalue weighted by Gasteiger charge is 2.30. The summed E-state index contributed by atoms with van der Waals surface area (Å²) in [5.74, 6) is 1.36. The predicted molar refractivity (Wildman–Crippen MR) is 75.0 cm³/mol. The predicted octanol–water partition coefficient (Wildman–Crippen LogP) is 2.24. The number of piperidine rings is 1. The van der Waals surface area contributed by atoms with Crippen molar-refractivity contribution in [3.05, 3.63) is 24.0 Å². The van der Waals surface area contributed by atoms with Crippen molar-refractivity contribution >= 4 is 11.5 Å². The summed E-state index contributed by atoms with van der Waals surface area (Å²) in [5.41, 5.74) is 7.23. The topological polar surface area (TPSA) is 66.0 Å². The number of hydrogen-bond acceptors (Lipinski definition) is 3. The minimum absolute atomic E-state index is 0.0451. The van der Waals surface area contributed by atoms with E-state index < -0.39 is 0 Å². The molecular weight excluding hydrogens is 224 g/mol. The van der Waals surface area contributed by atoms with E-state index in [0.29, 0.717) is 23.6 Å². The maximum atomic E-state index is 7.65. The summed E-state index contributed by atoms with van der Waals surface area (Å²) in [6.45, 7) is 7.82. The Morgan fingerprint density at radius 3 is 2.83 bits per heavy atom. The zero-order chi connectivity index (χ0) is 13.3. The summed E-state index contributed by atoms with van der Waals surface area (Å²) < 4.78 is 0. The molecule has 1 aliphatic rings. The Morgan fingerprint density at radius 1 is 1.44 bits per heavy atom. The first-order valence-electron chi connectivity index (χ1n) is 6.56. The lowest BCUT2D eigenvalue weighted by molar-refractivity contribution is 0.297. The summed E-state index contributed by atoms with van der Waals surface area (Å²) in [7, 11) is 0. The number of aromatic nitrogens is 1. The highest BCUT2D eigenvalue weighted by Crippen LogP contribution is 2.32. The molecule has 0 aliphatic carbocycles. The first-order chi connectivity index (χ1) is 8.50. The number of nitrogen functional groups attached to an aromatic ring is 1. The number of rotatable bonds is 2. The van der Waals surface area contributed by atoms with Gasteiger partial charge in [-0.05, 0) is 37.3 Å². The molecule has 98 valence electrons. The van der Waals surface area contributed by atoms with Crippen molar-refractivity contribution in [2.45, 2.75) is 33.2 Å². The number of pyridine rings is 1. The second kappa shape index (κ2) is 4.96. The maximum Gasteiger partial charge on any atom is 0.143 e. The summed E-state index contributed by atoms with van der Waals surface area (Å²) in [5, 5.41) is 7.65. The Labute approximate surface area is 109 Å². The molecule has 3 unspecified atom stereocenters. The SMILES string of the molecule is CC1CC(C)C(C)N(c2cccnc2C(=N)N)C1. The summed E-state index contributed by atoms with van der Waals surface area (Å²) in [6.07, 6.45) is 2.95. The van der Waals surface area contributed by atoms with E-state index in [4.69, 9.17) is 11.1 Å². The molecule has 1 aromatic heterocycles. The van der Waals surface area contributed by atoms with Gasteiger partial charge in [-0.2, -0.15) is 0 Å². The van der Waals surface area contributed by atoms with E-state index >= 15 is 0 Å². The average molecular weight is 246 g/mol. The monoisotopic (exact) mass is 246 g/mol. The van der Waals surface area contributed by atoms with Crippen LogP contribution in [0.5, 0.6) is 0 Å². The molecule has 1 aromatic rings. The molecule has 0 amide bonds. The molecule has 0 spiro atoms. The molecular formula is C14H22N4. The highest BCUT2D eigenvalue weighted by atomic mass is 15.2. The van der Waals surface area contributed by atoms with Crippen LogP contribution in [-0.4, -0.2) is 23.4 Å². The lowest BCUT2D eigenvalue weighted by Gasteiger charge is -2.43. The molecule has 3 N–H and O–H groups in total. The smallest absolute Gasteiger partial charge is 0.143 e. The number of nitrogens with one attached hydrogen (secondary N) is 1. The van der Waals surface area contributed by atoms with Gasteiger partial charge >= 0.3 is 0 Å². The van der Waals surface area contributed by atoms with Gasteiger partial charge in [0.05, 0.1) is 5.69 Å². The Hall–Kier alpha value is -1.58. The van der Waals surface area contributed by atoms with Crippen molar-refractivity contribution in [3.63, 3.8) is 0 Å². The van der Waals surface area contributed by atoms with Gasteiger partial charge in [0.25, 0.3) is 0 Å². The van der Waals surface area contributed by atoms with Crippen LogP contribution in [0, 0.1) is 17.2 Å². The zero-order valence-corrected chi connectivity index (χ0v) is 11.4. The molecule has 4 heteroatoms. The molecule has 1 saturated heterocycles. The standard InChI is InChI=1S/C14H22N4/c1-9-7-10(2)11(3)18(8-9)12-5-4-6-17-13(12)14(15)16/h4-6,9-11H,7-8H2,1-3H3,(H3,15,16). The fourth-order valence-corrected chi connectivity index (χ4v) is 2.87. The number of anilines is 1. The van der Waals surface area contributed by atoms with Crippen molar-refractivity contribution in [3.8, 4) is 0 Å². The normalized spacial score (nSPS) is 28.2. The van der Waals surface area contributed by atoms with Crippen molar-refractivity contribution in [1.82, 2.24) is 4.98 Å². The van der Waals surface area contributed by atoms with Crippen LogP contribution < -0.4 is 10.6 Å². The number of nitrogens with two attached hydrogens (primary N) is 1. The van der Waals surface area contributed by atoms with Crippen LogP contribution >= 0.6 is 0 Å². The number of nitrogens with zero attached hydrogens (tertiary/aromatic N) is 2. The Kier molecular flexibility index (Phi) is 3.55. The van der Waals surface area contributed by atoms with Crippen LogP contribution in [0.25, 0.3) is 0 Å². The second-order valence-electron chi connectivity index (χ2n) is 5.50. The average Bonchev–Trinajstić information content (AvgIpc) is 2.33. The molecule has 2 heterocycles. The highest BCUT2D eigenvalue weighted by molar-refractivity contribution is 5.98. The number of hydrogen-bond donors (Lipinski definition) is 2. The van der Waals surface area contributed by atoms with Gasteiger partial charge in [-0.3, -0.25) is 10.4 Å². The molecule has 18 heavy (non-hydrogen) atoms. The van der Waals surface area contributed by atoms with Crippen molar-refractivity contribution in [1.29, 1.82) is 5.41 Å². The van der Waals surface area contributed by atoms with Gasteiger partial charge in [0.2, 0.25) is 0 Å². The molecule has 0 radical (unpaired) electrons. The molecule has 1 aliphatic heterocycles. The van der Waals surface area contributed by atoms with Gasteiger partial charge in [-0.1, -0.05) is 13.8 Å². The van der Waals surface area contributed by atoms with Crippen LogP contribution in [0.3, 0.4) is 0 Å². The van der Waals surface area contributed by atoms with E-state index in [2.05, 4.69) is 30.7 Å². The van der Waals surface area contributed by atoms with E-state index in [9.17, 15) is 0 Å². The quantitative estimate of drug-likeness (QED) is 0.621. The first-order valence-corrected chi connectivity index (χ1v) is 6.56. The van der Waals surface area contributed by atoms with Gasteiger partial charge < -0.3 is 10.6 Å². The summed E-state index contributed by atoms with van der Waals surface area (Å²) in [4.78, 5) is 6.60. The van der Waals surface area contributed by atoms with Crippen LogP contribution in [0.1, 0.15) is 32.9 Å². The van der Waals surface area contributed by atoms with Crippen LogP contribution in [0.15, 0.2) is 18.3 Å². The lowest BCUT2D eigenvalue weighted by atomic mass is 9.85. The Bertz CT molecular complexity index is 443. The third-order valence-corrected chi connectivity index (χ3v) is 3.95. The lowest BCUT2D eigenvalue weighted by Crippen LogP contribution is -2.46. The van der Waals surface area contributed by atoms with E-state index in [0.717, 1.165) is 12.2 Å². The zero-order valence-electron chi connectivity index (χ0n) is 11.4. The third kappa shape index (κ3) is 2.33. The Morgan fingerprint density at radius 2 is 2.17 bits per heavy atom. The van der Waals surface area contributed by atoms with E-state index in [1.807, 2.05) is 12.1 Å². The van der Waals surface area contributed by atoms with Gasteiger partial charge in [0.1, 0.15) is 11.5 Å². The van der Waals surface area contributed by atoms with Gasteiger partial charge in [-0.15, -0.1) is 0 Å². The molecule has 0 saturated carbocycles. The molecule has 2 rings (SSSR count). The van der Waals surface area contributed by atoms with Crippen molar-refractivity contribution < 1.29 is 0 Å². The third-order valence-electron chi connectivity index (χ3n) is 3.95. The summed E-state index contributed by atoms with van der Waals surface area (Å²) in [6, 6.07) is 4.40. The first kappa shape index (κ1) is 12.9. The molecule has 0 bridgehead atoms. The van der Waals surface area contributed by atoms with Crippen LogP contribution in [0.4, 0.5) is 5.69 Å². The van der Waals surface area contributed by atoms with Crippen LogP contribution in [0.2, 0.25) is 0 Å². The van der Waals surface area contributed by atoms with Gasteiger partial charge in [0.15, 0.2) is 0 Å². The summed E-state index contributed by atoms with van der Waals surface area (Å²) >= 11 is 0. The molecule has 0 aromatic carbocycles. The molecule has 1 fully saturated rings. The van der Waals surface area contributed by atoms with Gasteiger partial charge in [0, 0.05) is 18.8 Å².